The SMILES string of the molecule is Cc1ccccc1NN1C(=O)C2=C(CCCC2)C1=O. The molecule has 1 N–H and O–H groups in total. The lowest BCUT2D eigenvalue weighted by molar-refractivity contribution is -0.136. The van der Waals surface area contributed by atoms with Crippen LogP contribution in [0.3, 0.4) is 0 Å². The number of rotatable bonds is 2. The fourth-order valence-corrected chi connectivity index (χ4v) is 2.66. The first-order valence-corrected chi connectivity index (χ1v) is 6.61. The van der Waals surface area contributed by atoms with E-state index in [2.05, 4.69) is 5.43 Å². The van der Waals surface area contributed by atoms with Crippen LogP contribution in [0.1, 0.15) is 31.2 Å². The third kappa shape index (κ3) is 1.93. The predicted molar refractivity (Wildman–Crippen MR) is 72.1 cm³/mol. The molecule has 0 saturated carbocycles. The lowest BCUT2D eigenvalue weighted by Crippen LogP contribution is -2.37. The average molecular weight is 256 g/mol. The molecule has 1 aliphatic heterocycles. The van der Waals surface area contributed by atoms with Crippen LogP contribution in [0.25, 0.3) is 0 Å². The van der Waals surface area contributed by atoms with E-state index in [0.717, 1.165) is 36.9 Å². The first-order chi connectivity index (χ1) is 9.18. The van der Waals surface area contributed by atoms with Gasteiger partial charge in [-0.1, -0.05) is 18.2 Å². The van der Waals surface area contributed by atoms with E-state index in [9.17, 15) is 9.59 Å². The molecule has 19 heavy (non-hydrogen) atoms. The summed E-state index contributed by atoms with van der Waals surface area (Å²) >= 11 is 0. The van der Waals surface area contributed by atoms with E-state index in [1.54, 1.807) is 0 Å². The van der Waals surface area contributed by atoms with Gasteiger partial charge in [-0.3, -0.25) is 15.0 Å². The molecule has 1 aromatic carbocycles. The van der Waals surface area contributed by atoms with Crippen LogP contribution in [-0.4, -0.2) is 16.8 Å². The van der Waals surface area contributed by atoms with Gasteiger partial charge in [0.2, 0.25) is 0 Å². The molecule has 3 rings (SSSR count). The topological polar surface area (TPSA) is 49.4 Å². The second-order valence-electron chi connectivity index (χ2n) is 5.04. The zero-order valence-electron chi connectivity index (χ0n) is 10.9. The van der Waals surface area contributed by atoms with E-state index in [1.807, 2.05) is 31.2 Å². The molecule has 0 saturated heterocycles. The van der Waals surface area contributed by atoms with Crippen LogP contribution in [0.15, 0.2) is 35.4 Å². The summed E-state index contributed by atoms with van der Waals surface area (Å²) < 4.78 is 0. The molecule has 1 aliphatic carbocycles. The monoisotopic (exact) mass is 256 g/mol. The number of anilines is 1. The van der Waals surface area contributed by atoms with Gasteiger partial charge in [0.05, 0.1) is 5.69 Å². The van der Waals surface area contributed by atoms with Gasteiger partial charge in [-0.2, -0.15) is 5.01 Å². The minimum Gasteiger partial charge on any atom is -0.288 e. The summed E-state index contributed by atoms with van der Waals surface area (Å²) in [5.41, 5.74) is 6.17. The summed E-state index contributed by atoms with van der Waals surface area (Å²) in [6, 6.07) is 7.62. The Morgan fingerprint density at radius 3 is 2.16 bits per heavy atom. The molecule has 4 heteroatoms. The van der Waals surface area contributed by atoms with Crippen LogP contribution in [0.2, 0.25) is 0 Å². The Hall–Kier alpha value is -2.10. The number of benzene rings is 1. The maximum absolute atomic E-state index is 12.3. The standard InChI is InChI=1S/C15H16N2O2/c1-10-6-2-5-9-13(10)16-17-14(18)11-7-3-4-8-12(11)15(17)19/h2,5-6,9,16H,3-4,7-8H2,1H3. The van der Waals surface area contributed by atoms with Crippen LogP contribution in [0.4, 0.5) is 5.69 Å². The van der Waals surface area contributed by atoms with Crippen molar-refractivity contribution in [2.45, 2.75) is 32.6 Å². The summed E-state index contributed by atoms with van der Waals surface area (Å²) in [7, 11) is 0. The number of amides is 2. The molecule has 0 radical (unpaired) electrons. The molecule has 4 nitrogen and oxygen atoms in total. The molecule has 0 bridgehead atoms. The van der Waals surface area contributed by atoms with E-state index >= 15 is 0 Å². The van der Waals surface area contributed by atoms with E-state index < -0.39 is 0 Å². The molecule has 0 aromatic heterocycles. The van der Waals surface area contributed by atoms with Crippen molar-refractivity contribution < 1.29 is 9.59 Å². The second-order valence-corrected chi connectivity index (χ2v) is 5.04. The molecule has 0 unspecified atom stereocenters. The molecule has 1 aromatic rings. The van der Waals surface area contributed by atoms with E-state index in [0.29, 0.717) is 11.1 Å². The zero-order chi connectivity index (χ0) is 13.4. The Labute approximate surface area is 112 Å². The Kier molecular flexibility index (Phi) is 2.85. The van der Waals surface area contributed by atoms with Crippen molar-refractivity contribution in [3.05, 3.63) is 41.0 Å². The summed E-state index contributed by atoms with van der Waals surface area (Å²) in [5, 5.41) is 1.16. The van der Waals surface area contributed by atoms with Crippen molar-refractivity contribution in [2.24, 2.45) is 0 Å². The van der Waals surface area contributed by atoms with Gasteiger partial charge in [-0.25, -0.2) is 0 Å². The molecular weight excluding hydrogens is 240 g/mol. The molecule has 98 valence electrons. The molecule has 1 heterocycles. The Balaban J connectivity index is 1.86. The number of carbonyl (C=O) groups excluding carboxylic acids is 2. The molecule has 0 spiro atoms. The highest BCUT2D eigenvalue weighted by molar-refractivity contribution is 6.20. The van der Waals surface area contributed by atoms with Gasteiger partial charge >= 0.3 is 0 Å². The van der Waals surface area contributed by atoms with Gasteiger partial charge in [0.15, 0.2) is 0 Å². The van der Waals surface area contributed by atoms with Crippen LogP contribution in [0.5, 0.6) is 0 Å². The first-order valence-electron chi connectivity index (χ1n) is 6.61. The quantitative estimate of drug-likeness (QED) is 0.827. The van der Waals surface area contributed by atoms with E-state index in [-0.39, 0.29) is 11.8 Å². The third-order valence-corrected chi connectivity index (χ3v) is 3.77. The molecule has 2 aliphatic rings. The summed E-state index contributed by atoms with van der Waals surface area (Å²) in [6.45, 7) is 1.95. The molecular formula is C15H16N2O2. The number of carbonyl (C=O) groups is 2. The summed E-state index contributed by atoms with van der Waals surface area (Å²) in [5.74, 6) is -0.356. The molecule has 0 fully saturated rings. The third-order valence-electron chi connectivity index (χ3n) is 3.77. The van der Waals surface area contributed by atoms with Crippen molar-refractivity contribution in [2.75, 3.05) is 5.43 Å². The Morgan fingerprint density at radius 1 is 1.00 bits per heavy atom. The highest BCUT2D eigenvalue weighted by Crippen LogP contribution is 2.33. The van der Waals surface area contributed by atoms with Crippen LogP contribution >= 0.6 is 0 Å². The van der Waals surface area contributed by atoms with Crippen LogP contribution in [0, 0.1) is 6.92 Å². The van der Waals surface area contributed by atoms with Crippen molar-refractivity contribution in [3.63, 3.8) is 0 Å². The van der Waals surface area contributed by atoms with Crippen molar-refractivity contribution in [1.82, 2.24) is 5.01 Å². The van der Waals surface area contributed by atoms with Crippen LogP contribution < -0.4 is 5.43 Å². The lowest BCUT2D eigenvalue weighted by Gasteiger charge is -2.18. The van der Waals surface area contributed by atoms with E-state index in [1.165, 1.54) is 5.01 Å². The largest absolute Gasteiger partial charge is 0.288 e. The number of aryl methyl sites for hydroxylation is 1. The number of hydrogen-bond donors (Lipinski definition) is 1. The summed E-state index contributed by atoms with van der Waals surface area (Å²) in [4.78, 5) is 24.5. The van der Waals surface area contributed by atoms with Gasteiger partial charge in [0.25, 0.3) is 11.8 Å². The minimum atomic E-state index is -0.178. The molecule has 2 amide bonds. The van der Waals surface area contributed by atoms with Gasteiger partial charge in [-0.15, -0.1) is 0 Å². The predicted octanol–water partition coefficient (Wildman–Crippen LogP) is 2.56. The van der Waals surface area contributed by atoms with Crippen molar-refractivity contribution in [3.8, 4) is 0 Å². The lowest BCUT2D eigenvalue weighted by atomic mass is 9.93. The normalized spacial score (nSPS) is 18.9. The fraction of sp³-hybridized carbons (Fsp3) is 0.333. The number of imide groups is 1. The molecule has 0 atom stereocenters. The summed E-state index contributed by atoms with van der Waals surface area (Å²) in [6.07, 6.45) is 3.45. The minimum absolute atomic E-state index is 0.178. The van der Waals surface area contributed by atoms with Gasteiger partial charge in [0, 0.05) is 11.1 Å². The van der Waals surface area contributed by atoms with E-state index in [4.69, 9.17) is 0 Å². The number of hydrazine groups is 1. The van der Waals surface area contributed by atoms with Gasteiger partial charge in [-0.05, 0) is 44.2 Å². The number of nitrogens with zero attached hydrogens (tertiary/aromatic N) is 1. The first kappa shape index (κ1) is 12.0. The van der Waals surface area contributed by atoms with Crippen molar-refractivity contribution >= 4 is 17.5 Å². The smallest absolute Gasteiger partial charge is 0.276 e. The van der Waals surface area contributed by atoms with Crippen molar-refractivity contribution in [1.29, 1.82) is 0 Å². The Bertz CT molecular complexity index is 562. The van der Waals surface area contributed by atoms with Crippen LogP contribution in [-0.2, 0) is 9.59 Å². The van der Waals surface area contributed by atoms with Gasteiger partial charge in [0.1, 0.15) is 0 Å². The number of hydrogen-bond acceptors (Lipinski definition) is 3. The number of nitrogens with one attached hydrogen (secondary N) is 1. The van der Waals surface area contributed by atoms with Gasteiger partial charge < -0.3 is 0 Å². The Morgan fingerprint density at radius 2 is 1.58 bits per heavy atom. The number of para-hydroxylation sites is 1. The maximum atomic E-state index is 12.3. The second kappa shape index (κ2) is 4.53. The fourth-order valence-electron chi connectivity index (χ4n) is 2.66. The zero-order valence-corrected chi connectivity index (χ0v) is 10.9. The maximum Gasteiger partial charge on any atom is 0.276 e. The highest BCUT2D eigenvalue weighted by Gasteiger charge is 2.39. The average Bonchev–Trinajstić information content (AvgIpc) is 2.67. The highest BCUT2D eigenvalue weighted by atomic mass is 16.2.